The average molecular weight is 312 g/mol. The van der Waals surface area contributed by atoms with Crippen molar-refractivity contribution in [3.05, 3.63) is 70.2 Å². The summed E-state index contributed by atoms with van der Waals surface area (Å²) in [5.41, 5.74) is 0.189. The molecule has 6 heteroatoms. The summed E-state index contributed by atoms with van der Waals surface area (Å²) in [6.07, 6.45) is 0. The first-order chi connectivity index (χ1) is 10.0. The van der Waals surface area contributed by atoms with Gasteiger partial charge in [-0.05, 0) is 29.8 Å². The normalized spacial score (nSPS) is 12.0. The fourth-order valence-electron chi connectivity index (χ4n) is 1.84. The van der Waals surface area contributed by atoms with Gasteiger partial charge < -0.3 is 10.4 Å². The van der Waals surface area contributed by atoms with Crippen LogP contribution >= 0.6 is 11.6 Å². The predicted molar refractivity (Wildman–Crippen MR) is 75.1 cm³/mol. The number of halogens is 3. The average Bonchev–Trinajstić information content (AvgIpc) is 2.48. The Hall–Kier alpha value is -1.98. The van der Waals surface area contributed by atoms with Gasteiger partial charge in [0.15, 0.2) is 11.6 Å². The lowest BCUT2D eigenvalue weighted by molar-refractivity contribution is 0.0911. The molecule has 0 radical (unpaired) electrons. The minimum Gasteiger partial charge on any atom is -0.394 e. The Bertz CT molecular complexity index is 647. The van der Waals surface area contributed by atoms with E-state index in [2.05, 4.69) is 5.32 Å². The number of aliphatic hydroxyl groups excluding tert-OH is 1. The molecular formula is C15H12ClF2NO2. The molecule has 0 bridgehead atoms. The number of hydrogen-bond acceptors (Lipinski definition) is 2. The van der Waals surface area contributed by atoms with Crippen molar-refractivity contribution in [1.82, 2.24) is 5.32 Å². The third-order valence-electron chi connectivity index (χ3n) is 2.96. The Morgan fingerprint density at radius 1 is 1.19 bits per heavy atom. The maximum Gasteiger partial charge on any atom is 0.254 e. The van der Waals surface area contributed by atoms with Gasteiger partial charge in [-0.25, -0.2) is 8.78 Å². The van der Waals surface area contributed by atoms with Gasteiger partial charge in [-0.2, -0.15) is 0 Å². The van der Waals surface area contributed by atoms with Crippen LogP contribution in [-0.4, -0.2) is 17.6 Å². The van der Waals surface area contributed by atoms with Gasteiger partial charge in [0, 0.05) is 5.02 Å². The van der Waals surface area contributed by atoms with Crippen LogP contribution in [0.4, 0.5) is 8.78 Å². The van der Waals surface area contributed by atoms with Crippen molar-refractivity contribution in [2.75, 3.05) is 6.61 Å². The lowest BCUT2D eigenvalue weighted by Gasteiger charge is -2.17. The molecule has 1 unspecified atom stereocenters. The molecule has 0 heterocycles. The maximum absolute atomic E-state index is 13.5. The van der Waals surface area contributed by atoms with Gasteiger partial charge in [-0.15, -0.1) is 0 Å². The van der Waals surface area contributed by atoms with Gasteiger partial charge in [0.25, 0.3) is 5.91 Å². The van der Waals surface area contributed by atoms with Gasteiger partial charge in [-0.3, -0.25) is 4.79 Å². The van der Waals surface area contributed by atoms with Crippen LogP contribution in [0.15, 0.2) is 42.5 Å². The Kier molecular flexibility index (Phi) is 4.88. The summed E-state index contributed by atoms with van der Waals surface area (Å²) >= 11 is 5.76. The monoisotopic (exact) mass is 311 g/mol. The molecule has 21 heavy (non-hydrogen) atoms. The van der Waals surface area contributed by atoms with Crippen LogP contribution in [0.3, 0.4) is 0 Å². The van der Waals surface area contributed by atoms with Gasteiger partial charge in [0.05, 0.1) is 18.2 Å². The molecular weight excluding hydrogens is 300 g/mol. The first-order valence-electron chi connectivity index (χ1n) is 6.14. The zero-order valence-electron chi connectivity index (χ0n) is 10.8. The van der Waals surface area contributed by atoms with E-state index in [1.807, 2.05) is 0 Å². The number of amides is 1. The van der Waals surface area contributed by atoms with E-state index in [-0.39, 0.29) is 6.61 Å². The quantitative estimate of drug-likeness (QED) is 0.911. The fourth-order valence-corrected chi connectivity index (χ4v) is 1.97. The summed E-state index contributed by atoms with van der Waals surface area (Å²) < 4.78 is 26.7. The van der Waals surface area contributed by atoms with Crippen molar-refractivity contribution in [1.29, 1.82) is 0 Å². The third kappa shape index (κ3) is 3.56. The molecule has 0 aliphatic heterocycles. The molecule has 2 N–H and O–H groups in total. The molecule has 110 valence electrons. The van der Waals surface area contributed by atoms with Gasteiger partial charge in [0.1, 0.15) is 0 Å². The van der Waals surface area contributed by atoms with Crippen molar-refractivity contribution in [3.63, 3.8) is 0 Å². The predicted octanol–water partition coefficient (Wildman–Crippen LogP) is 3.08. The van der Waals surface area contributed by atoms with Crippen molar-refractivity contribution >= 4 is 17.5 Å². The molecule has 2 aromatic carbocycles. The van der Waals surface area contributed by atoms with E-state index in [1.54, 1.807) is 24.3 Å². The second kappa shape index (κ2) is 6.65. The zero-order valence-corrected chi connectivity index (χ0v) is 11.6. The highest BCUT2D eigenvalue weighted by Crippen LogP contribution is 2.18. The number of benzene rings is 2. The van der Waals surface area contributed by atoms with E-state index in [4.69, 9.17) is 11.6 Å². The molecule has 0 aromatic heterocycles. The van der Waals surface area contributed by atoms with E-state index in [1.165, 1.54) is 12.1 Å². The minimum atomic E-state index is -1.22. The van der Waals surface area contributed by atoms with Crippen molar-refractivity contribution < 1.29 is 18.7 Å². The lowest BCUT2D eigenvalue weighted by Crippen LogP contribution is -2.31. The van der Waals surface area contributed by atoms with E-state index < -0.39 is 29.1 Å². The first kappa shape index (κ1) is 15.4. The molecule has 0 saturated carbocycles. The second-order valence-electron chi connectivity index (χ2n) is 4.36. The fraction of sp³-hybridized carbons (Fsp3) is 0.133. The number of aliphatic hydroxyl groups is 1. The molecule has 2 rings (SSSR count). The van der Waals surface area contributed by atoms with Crippen molar-refractivity contribution in [2.45, 2.75) is 6.04 Å². The van der Waals surface area contributed by atoms with Gasteiger partial charge in [-0.1, -0.05) is 29.8 Å². The molecule has 0 aliphatic carbocycles. The molecule has 0 fully saturated rings. The topological polar surface area (TPSA) is 49.3 Å². The van der Waals surface area contributed by atoms with Crippen LogP contribution < -0.4 is 5.32 Å². The van der Waals surface area contributed by atoms with Crippen LogP contribution in [0.2, 0.25) is 5.02 Å². The third-order valence-corrected chi connectivity index (χ3v) is 3.21. The Morgan fingerprint density at radius 3 is 2.48 bits per heavy atom. The summed E-state index contributed by atoms with van der Waals surface area (Å²) in [7, 11) is 0. The molecule has 0 spiro atoms. The van der Waals surface area contributed by atoms with Crippen LogP contribution in [0.25, 0.3) is 0 Å². The summed E-state index contributed by atoms with van der Waals surface area (Å²) in [6, 6.07) is 9.07. The first-order valence-corrected chi connectivity index (χ1v) is 6.52. The van der Waals surface area contributed by atoms with Gasteiger partial charge in [0.2, 0.25) is 0 Å². The van der Waals surface area contributed by atoms with Crippen LogP contribution in [0.1, 0.15) is 22.0 Å². The smallest absolute Gasteiger partial charge is 0.254 e. The van der Waals surface area contributed by atoms with E-state index in [0.717, 1.165) is 6.07 Å². The van der Waals surface area contributed by atoms with Crippen LogP contribution in [-0.2, 0) is 0 Å². The number of carbonyl (C=O) groups is 1. The van der Waals surface area contributed by atoms with Crippen molar-refractivity contribution in [2.24, 2.45) is 0 Å². The summed E-state index contributed by atoms with van der Waals surface area (Å²) in [5, 5.41) is 12.3. The van der Waals surface area contributed by atoms with Crippen LogP contribution in [0, 0.1) is 11.6 Å². The Balaban J connectivity index is 2.20. The largest absolute Gasteiger partial charge is 0.394 e. The van der Waals surface area contributed by atoms with E-state index in [0.29, 0.717) is 10.6 Å². The highest BCUT2D eigenvalue weighted by Gasteiger charge is 2.19. The van der Waals surface area contributed by atoms with Crippen LogP contribution in [0.5, 0.6) is 0 Å². The van der Waals surface area contributed by atoms with E-state index in [9.17, 15) is 18.7 Å². The summed E-state index contributed by atoms with van der Waals surface area (Å²) in [4.78, 5) is 12.0. The number of hydrogen-bond donors (Lipinski definition) is 2. The highest BCUT2D eigenvalue weighted by atomic mass is 35.5. The molecule has 0 saturated heterocycles. The maximum atomic E-state index is 13.5. The minimum absolute atomic E-state index is 0.385. The zero-order chi connectivity index (χ0) is 15.4. The SMILES string of the molecule is O=C(NC(CO)c1ccc(Cl)cc1)c1cccc(F)c1F. The van der Waals surface area contributed by atoms with Crippen molar-refractivity contribution in [3.8, 4) is 0 Å². The Labute approximate surface area is 125 Å². The Morgan fingerprint density at radius 2 is 1.86 bits per heavy atom. The standard InChI is InChI=1S/C15H12ClF2NO2/c16-10-6-4-9(5-7-10)13(8-20)19-15(21)11-2-1-3-12(17)14(11)18/h1-7,13,20H,8H2,(H,19,21). The molecule has 1 amide bonds. The molecule has 0 aliphatic rings. The van der Waals surface area contributed by atoms with E-state index >= 15 is 0 Å². The summed E-state index contributed by atoms with van der Waals surface area (Å²) in [6.45, 7) is -0.385. The second-order valence-corrected chi connectivity index (χ2v) is 4.80. The highest BCUT2D eigenvalue weighted by molar-refractivity contribution is 6.30. The van der Waals surface area contributed by atoms with Gasteiger partial charge >= 0.3 is 0 Å². The summed E-state index contributed by atoms with van der Waals surface area (Å²) in [5.74, 6) is -3.13. The number of rotatable bonds is 4. The number of nitrogens with one attached hydrogen (secondary N) is 1. The number of carbonyl (C=O) groups excluding carboxylic acids is 1. The molecule has 2 aromatic rings. The lowest BCUT2D eigenvalue weighted by atomic mass is 10.1. The molecule has 3 nitrogen and oxygen atoms in total. The molecule has 1 atom stereocenters.